The lowest BCUT2D eigenvalue weighted by atomic mass is 9.98. The van der Waals surface area contributed by atoms with Gasteiger partial charge in [0, 0.05) is 56.3 Å². The lowest BCUT2D eigenvalue weighted by Gasteiger charge is -2.18. The number of phenols is 2. The first-order chi connectivity index (χ1) is 20.4. The van der Waals surface area contributed by atoms with Gasteiger partial charge in [-0.1, -0.05) is 13.8 Å². The Bertz CT molecular complexity index is 2020. The normalized spacial score (nSPS) is 11.5. The number of fused-ring (bicyclic) bond motifs is 1. The molecule has 0 aliphatic carbocycles. The molecule has 0 aliphatic rings. The summed E-state index contributed by atoms with van der Waals surface area (Å²) in [6.45, 7) is 4.52. The Hall–Kier alpha value is -5.40. The Balaban J connectivity index is 1.32. The Kier molecular flexibility index (Phi) is 7.76. The van der Waals surface area contributed by atoms with Crippen LogP contribution in [0.1, 0.15) is 31.7 Å². The number of nitrogens with one attached hydrogen (secondary N) is 2. The molecule has 2 aromatic carbocycles. The summed E-state index contributed by atoms with van der Waals surface area (Å²) in [5.74, 6) is -1.47. The molecule has 0 fully saturated rings. The number of aryl methyl sites for hydroxylation is 1. The summed E-state index contributed by atoms with van der Waals surface area (Å²) < 4.78 is 17.7. The first kappa shape index (κ1) is 29.1. The highest BCUT2D eigenvalue weighted by molar-refractivity contribution is 5.83. The van der Waals surface area contributed by atoms with Crippen molar-refractivity contribution in [1.29, 1.82) is 0 Å². The number of carbonyl (C=O) groups excluding carboxylic acids is 1. The Labute approximate surface area is 243 Å². The molecule has 13 nitrogen and oxygen atoms in total. The van der Waals surface area contributed by atoms with Crippen molar-refractivity contribution in [3.8, 4) is 28.6 Å². The minimum Gasteiger partial charge on any atom is -0.508 e. The summed E-state index contributed by atoms with van der Waals surface area (Å²) in [6.07, 6.45) is 2.58. The fourth-order valence-corrected chi connectivity index (χ4v) is 4.91. The lowest BCUT2D eigenvalue weighted by Crippen LogP contribution is -2.34. The standard InChI is InChI=1S/C29H30FN7O6/c1-16(2)19-13-20(24(39)14-23(19)38)26-32-33-29(43)37(26)18-4-5-22-17(12-18)6-8-35(22)11-10-34(3)25(40)7-9-36-15-21(30)27(41)31-28(36)42/h4-6,8,12-16,38-39H,7,9-11H2,1-3H3,(H,33,43)(H,31,41,42). The molecule has 4 N–H and O–H groups in total. The van der Waals surface area contributed by atoms with E-state index in [0.717, 1.165) is 21.7 Å². The summed E-state index contributed by atoms with van der Waals surface area (Å²) in [4.78, 5) is 51.8. The van der Waals surface area contributed by atoms with Crippen LogP contribution < -0.4 is 16.9 Å². The zero-order chi connectivity index (χ0) is 31.0. The first-order valence-electron chi connectivity index (χ1n) is 13.5. The van der Waals surface area contributed by atoms with Crippen LogP contribution in [0.25, 0.3) is 28.0 Å². The molecule has 0 spiro atoms. The van der Waals surface area contributed by atoms with Crippen LogP contribution >= 0.6 is 0 Å². The van der Waals surface area contributed by atoms with Gasteiger partial charge in [0.2, 0.25) is 11.7 Å². The van der Waals surface area contributed by atoms with Crippen LogP contribution in [0.4, 0.5) is 4.39 Å². The predicted octanol–water partition coefficient (Wildman–Crippen LogP) is 2.25. The first-order valence-corrected chi connectivity index (χ1v) is 13.5. The third-order valence-electron chi connectivity index (χ3n) is 7.33. The van der Waals surface area contributed by atoms with Crippen LogP contribution in [0.2, 0.25) is 0 Å². The third-order valence-corrected chi connectivity index (χ3v) is 7.33. The zero-order valence-electron chi connectivity index (χ0n) is 23.7. The monoisotopic (exact) mass is 591 g/mol. The van der Waals surface area contributed by atoms with E-state index in [1.165, 1.54) is 15.5 Å². The molecule has 5 aromatic rings. The molecule has 0 saturated heterocycles. The maximum absolute atomic E-state index is 13.5. The molecule has 0 saturated carbocycles. The van der Waals surface area contributed by atoms with Crippen LogP contribution in [0.3, 0.4) is 0 Å². The van der Waals surface area contributed by atoms with E-state index in [9.17, 15) is 33.8 Å². The van der Waals surface area contributed by atoms with Crippen LogP contribution in [0, 0.1) is 5.82 Å². The predicted molar refractivity (Wildman–Crippen MR) is 156 cm³/mol. The van der Waals surface area contributed by atoms with Gasteiger partial charge < -0.3 is 19.7 Å². The number of aromatic nitrogens is 6. The number of amides is 1. The summed E-state index contributed by atoms with van der Waals surface area (Å²) in [5.41, 5.74) is -0.133. The molecule has 5 rings (SSSR count). The number of phenolic OH excluding ortho intramolecular Hbond substituents is 2. The van der Waals surface area contributed by atoms with E-state index >= 15 is 0 Å². The fourth-order valence-electron chi connectivity index (χ4n) is 4.91. The summed E-state index contributed by atoms with van der Waals surface area (Å²) in [7, 11) is 1.62. The molecule has 224 valence electrons. The number of carbonyl (C=O) groups is 1. The Morgan fingerprint density at radius 2 is 1.79 bits per heavy atom. The number of H-pyrrole nitrogens is 2. The van der Waals surface area contributed by atoms with Crippen molar-refractivity contribution in [2.75, 3.05) is 13.6 Å². The zero-order valence-corrected chi connectivity index (χ0v) is 23.7. The van der Waals surface area contributed by atoms with Crippen molar-refractivity contribution >= 4 is 16.8 Å². The van der Waals surface area contributed by atoms with Crippen LogP contribution in [0.15, 0.2) is 63.2 Å². The van der Waals surface area contributed by atoms with Crippen LogP contribution in [-0.4, -0.2) is 63.5 Å². The van der Waals surface area contributed by atoms with E-state index in [4.69, 9.17) is 0 Å². The fraction of sp³-hybridized carbons (Fsp3) is 0.276. The number of nitrogens with zero attached hydrogens (tertiary/aromatic N) is 5. The number of likely N-dealkylation sites (N-methyl/N-ethyl adjacent to an activating group) is 1. The number of benzene rings is 2. The van der Waals surface area contributed by atoms with Gasteiger partial charge in [-0.3, -0.25) is 19.1 Å². The number of rotatable bonds is 9. The van der Waals surface area contributed by atoms with E-state index < -0.39 is 22.8 Å². The Morgan fingerprint density at radius 1 is 1.02 bits per heavy atom. The van der Waals surface area contributed by atoms with Crippen molar-refractivity contribution in [2.45, 2.75) is 39.3 Å². The number of hydrogen-bond donors (Lipinski definition) is 4. The van der Waals surface area contributed by atoms with E-state index in [0.29, 0.717) is 29.9 Å². The topological polar surface area (TPSA) is 171 Å². The maximum Gasteiger partial charge on any atom is 0.348 e. The summed E-state index contributed by atoms with van der Waals surface area (Å²) in [6, 6.07) is 10.1. The highest BCUT2D eigenvalue weighted by atomic mass is 19.1. The van der Waals surface area contributed by atoms with E-state index in [1.807, 2.05) is 47.8 Å². The summed E-state index contributed by atoms with van der Waals surface area (Å²) in [5, 5.41) is 28.2. The Morgan fingerprint density at radius 3 is 2.53 bits per heavy atom. The molecular formula is C29H30FN7O6. The largest absolute Gasteiger partial charge is 0.508 e. The molecule has 0 radical (unpaired) electrons. The van der Waals surface area contributed by atoms with Gasteiger partial charge in [0.1, 0.15) is 11.5 Å². The second-order valence-corrected chi connectivity index (χ2v) is 10.5. The van der Waals surface area contributed by atoms with Crippen molar-refractivity contribution in [2.24, 2.45) is 0 Å². The van der Waals surface area contributed by atoms with Gasteiger partial charge in [0.05, 0.1) is 17.4 Å². The van der Waals surface area contributed by atoms with Crippen LogP contribution in [0.5, 0.6) is 11.5 Å². The second-order valence-electron chi connectivity index (χ2n) is 10.5. The van der Waals surface area contributed by atoms with E-state index in [2.05, 4.69) is 10.2 Å². The van der Waals surface area contributed by atoms with Crippen molar-refractivity contribution in [3.05, 3.63) is 91.5 Å². The molecule has 1 amide bonds. The number of aromatic hydroxyl groups is 2. The van der Waals surface area contributed by atoms with Gasteiger partial charge in [-0.25, -0.2) is 19.3 Å². The lowest BCUT2D eigenvalue weighted by molar-refractivity contribution is -0.130. The minimum absolute atomic E-state index is 0.0336. The molecule has 0 bridgehead atoms. The van der Waals surface area contributed by atoms with Crippen LogP contribution in [-0.2, 0) is 17.9 Å². The van der Waals surface area contributed by atoms with Crippen molar-refractivity contribution in [3.63, 3.8) is 0 Å². The summed E-state index contributed by atoms with van der Waals surface area (Å²) >= 11 is 0. The van der Waals surface area contributed by atoms with Gasteiger partial charge in [-0.05, 0) is 41.8 Å². The SMILES string of the molecule is CC(C)c1cc(-c2n[nH]c(=O)n2-c2ccc3c(ccn3CCN(C)C(=O)CCn3cc(F)c(=O)[nH]c3=O)c2)c(O)cc1O. The average molecular weight is 592 g/mol. The molecule has 3 aromatic heterocycles. The molecule has 0 atom stereocenters. The molecule has 3 heterocycles. The highest BCUT2D eigenvalue weighted by Gasteiger charge is 2.20. The second kappa shape index (κ2) is 11.5. The van der Waals surface area contributed by atoms with Crippen molar-refractivity contribution < 1.29 is 19.4 Å². The number of hydrogen-bond acceptors (Lipinski definition) is 7. The van der Waals surface area contributed by atoms with Crippen molar-refractivity contribution in [1.82, 2.24) is 33.8 Å². The maximum atomic E-state index is 13.5. The van der Waals surface area contributed by atoms with Gasteiger partial charge in [-0.2, -0.15) is 9.49 Å². The molecule has 0 unspecified atom stereocenters. The number of aromatic amines is 2. The molecular weight excluding hydrogens is 561 g/mol. The molecule has 14 heteroatoms. The minimum atomic E-state index is -1.11. The smallest absolute Gasteiger partial charge is 0.348 e. The highest BCUT2D eigenvalue weighted by Crippen LogP contribution is 2.37. The van der Waals surface area contributed by atoms with Gasteiger partial charge in [0.15, 0.2) is 5.82 Å². The van der Waals surface area contributed by atoms with E-state index in [-0.39, 0.29) is 42.1 Å². The van der Waals surface area contributed by atoms with Gasteiger partial charge >= 0.3 is 11.4 Å². The number of halogens is 1. The average Bonchev–Trinajstić information content (AvgIpc) is 3.55. The van der Waals surface area contributed by atoms with Gasteiger partial charge in [0.25, 0.3) is 5.56 Å². The molecule has 43 heavy (non-hydrogen) atoms. The quantitative estimate of drug-likeness (QED) is 0.204. The van der Waals surface area contributed by atoms with E-state index in [1.54, 1.807) is 19.2 Å². The van der Waals surface area contributed by atoms with Gasteiger partial charge in [-0.15, -0.1) is 0 Å². The third kappa shape index (κ3) is 5.71. The molecule has 0 aliphatic heterocycles.